The van der Waals surface area contributed by atoms with Crippen molar-refractivity contribution in [3.63, 3.8) is 0 Å². The molecule has 3 rings (SSSR count). The molecule has 1 aromatic rings. The lowest BCUT2D eigenvalue weighted by Crippen LogP contribution is -2.32. The van der Waals surface area contributed by atoms with E-state index >= 15 is 0 Å². The van der Waals surface area contributed by atoms with Crippen LogP contribution < -0.4 is 5.32 Å². The van der Waals surface area contributed by atoms with Gasteiger partial charge >= 0.3 is 6.18 Å². The molecule has 19 heavy (non-hydrogen) atoms. The second-order valence-corrected chi connectivity index (χ2v) is 5.39. The van der Waals surface area contributed by atoms with Crippen LogP contribution in [0.2, 0.25) is 0 Å². The van der Waals surface area contributed by atoms with Crippen LogP contribution in [0.3, 0.4) is 0 Å². The summed E-state index contributed by atoms with van der Waals surface area (Å²) in [5, 5.41) is 7.58. The zero-order valence-electron chi connectivity index (χ0n) is 10.6. The van der Waals surface area contributed by atoms with Crippen LogP contribution in [0.4, 0.5) is 13.2 Å². The number of aromatic nitrogens is 3. The molecule has 0 spiro atoms. The Balaban J connectivity index is 1.77. The van der Waals surface area contributed by atoms with E-state index in [1.54, 1.807) is 0 Å². The Morgan fingerprint density at radius 2 is 2.11 bits per heavy atom. The van der Waals surface area contributed by atoms with E-state index in [1.807, 2.05) is 0 Å². The molecule has 0 radical (unpaired) electrons. The molecule has 0 aliphatic carbocycles. The molecule has 1 fully saturated rings. The summed E-state index contributed by atoms with van der Waals surface area (Å²) < 4.78 is 39.6. The van der Waals surface area contributed by atoms with Crippen molar-refractivity contribution in [3.8, 4) is 0 Å². The van der Waals surface area contributed by atoms with E-state index in [-0.39, 0.29) is 18.9 Å². The van der Waals surface area contributed by atoms with E-state index in [4.69, 9.17) is 0 Å². The van der Waals surface area contributed by atoms with Crippen LogP contribution in [0.1, 0.15) is 36.8 Å². The summed E-state index contributed by atoms with van der Waals surface area (Å²) in [5.41, 5.74) is 0. The fourth-order valence-electron chi connectivity index (χ4n) is 2.84. The van der Waals surface area contributed by atoms with Gasteiger partial charge in [-0.3, -0.25) is 0 Å². The van der Waals surface area contributed by atoms with Gasteiger partial charge in [-0.25, -0.2) is 9.67 Å². The molecule has 0 aromatic carbocycles. The average Bonchev–Trinajstić information content (AvgIpc) is 2.81. The van der Waals surface area contributed by atoms with Crippen molar-refractivity contribution < 1.29 is 13.2 Å². The van der Waals surface area contributed by atoms with E-state index < -0.39 is 12.1 Å². The highest BCUT2D eigenvalue weighted by molar-refractivity contribution is 5.04. The van der Waals surface area contributed by atoms with Crippen molar-refractivity contribution >= 4 is 0 Å². The summed E-state index contributed by atoms with van der Waals surface area (Å²) in [7, 11) is 0. The monoisotopic (exact) mass is 274 g/mol. The summed E-state index contributed by atoms with van der Waals surface area (Å²) in [4.78, 5) is 4.44. The van der Waals surface area contributed by atoms with Gasteiger partial charge in [-0.1, -0.05) is 0 Å². The molecule has 1 saturated heterocycles. The summed E-state index contributed by atoms with van der Waals surface area (Å²) in [6.07, 6.45) is -1.54. The van der Waals surface area contributed by atoms with Crippen LogP contribution in [-0.2, 0) is 13.0 Å². The van der Waals surface area contributed by atoms with Crippen LogP contribution in [0, 0.1) is 5.92 Å². The number of rotatable bonds is 1. The minimum absolute atomic E-state index is 0.0774. The van der Waals surface area contributed by atoms with Gasteiger partial charge in [-0.15, -0.1) is 0 Å². The van der Waals surface area contributed by atoms with E-state index in [2.05, 4.69) is 15.4 Å². The Bertz CT molecular complexity index is 448. The number of hydrogen-bond acceptors (Lipinski definition) is 3. The largest absolute Gasteiger partial charge is 0.393 e. The third kappa shape index (κ3) is 2.61. The Kier molecular flexibility index (Phi) is 3.24. The van der Waals surface area contributed by atoms with Crippen molar-refractivity contribution in [2.45, 2.75) is 44.3 Å². The zero-order chi connectivity index (χ0) is 13.5. The first kappa shape index (κ1) is 12.9. The van der Waals surface area contributed by atoms with Crippen LogP contribution in [0.15, 0.2) is 0 Å². The first-order valence-electron chi connectivity index (χ1n) is 6.75. The van der Waals surface area contributed by atoms with Crippen molar-refractivity contribution in [1.82, 2.24) is 20.1 Å². The topological polar surface area (TPSA) is 42.7 Å². The molecule has 2 unspecified atom stereocenters. The molecule has 2 atom stereocenters. The summed E-state index contributed by atoms with van der Waals surface area (Å²) in [5.74, 6) is 0.390. The van der Waals surface area contributed by atoms with Crippen LogP contribution in [-0.4, -0.2) is 34.0 Å². The minimum atomic E-state index is -4.13. The lowest BCUT2D eigenvalue weighted by atomic mass is 9.99. The predicted octanol–water partition coefficient (Wildman–Crippen LogP) is 1.87. The highest BCUT2D eigenvalue weighted by Crippen LogP contribution is 2.34. The number of nitrogens with zero attached hydrogens (tertiary/aromatic N) is 3. The molecule has 0 saturated carbocycles. The number of alkyl halides is 3. The van der Waals surface area contributed by atoms with Gasteiger partial charge in [0.2, 0.25) is 0 Å². The SMILES string of the molecule is FC(F)(F)C1CCc2nc(C3CCCNC3)nn2C1. The lowest BCUT2D eigenvalue weighted by Gasteiger charge is -2.24. The average molecular weight is 274 g/mol. The first-order chi connectivity index (χ1) is 9.04. The molecule has 1 N–H and O–H groups in total. The fraction of sp³-hybridized carbons (Fsp3) is 0.833. The number of aryl methyl sites for hydroxylation is 1. The lowest BCUT2D eigenvalue weighted by molar-refractivity contribution is -0.182. The minimum Gasteiger partial charge on any atom is -0.316 e. The molecular formula is C12H17F3N4. The fourth-order valence-corrected chi connectivity index (χ4v) is 2.84. The van der Waals surface area contributed by atoms with Crippen LogP contribution in [0.25, 0.3) is 0 Å². The van der Waals surface area contributed by atoms with Crippen molar-refractivity contribution in [1.29, 1.82) is 0 Å². The molecule has 106 valence electrons. The maximum atomic E-state index is 12.7. The summed E-state index contributed by atoms with van der Waals surface area (Å²) in [6, 6.07) is 0. The van der Waals surface area contributed by atoms with Gasteiger partial charge in [0, 0.05) is 18.9 Å². The van der Waals surface area contributed by atoms with Gasteiger partial charge in [0.05, 0.1) is 12.5 Å². The molecule has 2 aliphatic rings. The summed E-state index contributed by atoms with van der Waals surface area (Å²) in [6.45, 7) is 1.75. The van der Waals surface area contributed by atoms with Crippen molar-refractivity contribution in [3.05, 3.63) is 11.6 Å². The van der Waals surface area contributed by atoms with Gasteiger partial charge in [0.25, 0.3) is 0 Å². The maximum Gasteiger partial charge on any atom is 0.393 e. The number of piperidine rings is 1. The number of hydrogen-bond donors (Lipinski definition) is 1. The quantitative estimate of drug-likeness (QED) is 0.850. The van der Waals surface area contributed by atoms with Gasteiger partial charge < -0.3 is 5.32 Å². The van der Waals surface area contributed by atoms with Crippen LogP contribution >= 0.6 is 0 Å². The smallest absolute Gasteiger partial charge is 0.316 e. The predicted molar refractivity (Wildman–Crippen MR) is 62.7 cm³/mol. The third-order valence-corrected chi connectivity index (χ3v) is 4.00. The Labute approximate surface area is 109 Å². The standard InChI is InChI=1S/C12H17F3N4/c13-12(14,15)9-3-4-10-17-11(18-19(10)7-9)8-2-1-5-16-6-8/h8-9,16H,1-7H2. The van der Waals surface area contributed by atoms with Crippen molar-refractivity contribution in [2.24, 2.45) is 5.92 Å². The van der Waals surface area contributed by atoms with Gasteiger partial charge in [0.15, 0.2) is 5.82 Å². The number of halogens is 3. The normalized spacial score (nSPS) is 28.2. The molecule has 0 amide bonds. The number of fused-ring (bicyclic) bond motifs is 1. The molecule has 7 heteroatoms. The molecule has 4 nitrogen and oxygen atoms in total. The highest BCUT2D eigenvalue weighted by Gasteiger charge is 2.42. The summed E-state index contributed by atoms with van der Waals surface area (Å²) >= 11 is 0. The first-order valence-corrected chi connectivity index (χ1v) is 6.75. The van der Waals surface area contributed by atoms with E-state index in [1.165, 1.54) is 4.68 Å². The third-order valence-electron chi connectivity index (χ3n) is 4.00. The van der Waals surface area contributed by atoms with Crippen LogP contribution in [0.5, 0.6) is 0 Å². The van der Waals surface area contributed by atoms with Crippen molar-refractivity contribution in [2.75, 3.05) is 13.1 Å². The Morgan fingerprint density at radius 1 is 1.26 bits per heavy atom. The van der Waals surface area contributed by atoms with Gasteiger partial charge in [-0.05, 0) is 25.8 Å². The van der Waals surface area contributed by atoms with E-state index in [0.717, 1.165) is 25.9 Å². The van der Waals surface area contributed by atoms with Gasteiger partial charge in [0.1, 0.15) is 5.82 Å². The number of nitrogens with one attached hydrogen (secondary N) is 1. The Hall–Kier alpha value is -1.11. The van der Waals surface area contributed by atoms with E-state index in [0.29, 0.717) is 18.1 Å². The molecular weight excluding hydrogens is 257 g/mol. The second-order valence-electron chi connectivity index (χ2n) is 5.39. The molecule has 0 bridgehead atoms. The van der Waals surface area contributed by atoms with Gasteiger partial charge in [-0.2, -0.15) is 18.3 Å². The maximum absolute atomic E-state index is 12.7. The highest BCUT2D eigenvalue weighted by atomic mass is 19.4. The van der Waals surface area contributed by atoms with E-state index in [9.17, 15) is 13.2 Å². The second kappa shape index (κ2) is 4.77. The molecule has 3 heterocycles. The molecule has 1 aromatic heterocycles. The Morgan fingerprint density at radius 3 is 2.79 bits per heavy atom. The molecule has 2 aliphatic heterocycles. The zero-order valence-corrected chi connectivity index (χ0v) is 10.6.